The Morgan fingerprint density at radius 2 is 2.00 bits per heavy atom. The van der Waals surface area contributed by atoms with Gasteiger partial charge in [-0.1, -0.05) is 6.07 Å². The van der Waals surface area contributed by atoms with Gasteiger partial charge in [-0.05, 0) is 23.6 Å². The summed E-state index contributed by atoms with van der Waals surface area (Å²) in [5, 5.41) is 1.82. The van der Waals surface area contributed by atoms with Gasteiger partial charge in [0.2, 0.25) is 10.0 Å². The number of sulfonamides is 1. The van der Waals surface area contributed by atoms with Crippen LogP contribution in [-0.4, -0.2) is 19.8 Å². The van der Waals surface area contributed by atoms with E-state index in [0.717, 1.165) is 21.3 Å². The Morgan fingerprint density at radius 3 is 2.57 bits per heavy atom. The van der Waals surface area contributed by atoms with Crippen molar-refractivity contribution in [2.75, 3.05) is 7.05 Å². The highest BCUT2D eigenvalue weighted by Gasteiger charge is 2.27. The largest absolute Gasteiger partial charge is 0.246 e. The molecule has 3 nitrogen and oxygen atoms in total. The van der Waals surface area contributed by atoms with Crippen LogP contribution < -0.4 is 0 Å². The summed E-state index contributed by atoms with van der Waals surface area (Å²) in [7, 11) is -2.71. The maximum atomic E-state index is 14.1. The second kappa shape index (κ2) is 6.39. The summed E-state index contributed by atoms with van der Waals surface area (Å²) in [5.41, 5.74) is -0.442. The van der Waals surface area contributed by atoms with Crippen molar-refractivity contribution in [2.24, 2.45) is 0 Å². The third-order valence-electron chi connectivity index (χ3n) is 2.93. The topological polar surface area (TPSA) is 37.4 Å². The van der Waals surface area contributed by atoms with Crippen LogP contribution in [0.3, 0.4) is 0 Å². The minimum absolute atomic E-state index is 0.118. The maximum Gasteiger partial charge on any atom is 0.246 e. The lowest BCUT2D eigenvalue weighted by atomic mass is 10.2. The molecule has 0 saturated heterocycles. The first kappa shape index (κ1) is 16.4. The van der Waals surface area contributed by atoms with Gasteiger partial charge in [0.25, 0.3) is 0 Å². The molecule has 0 spiro atoms. The summed E-state index contributed by atoms with van der Waals surface area (Å²) >= 11 is 6.86. The predicted octanol–water partition coefficient (Wildman–Crippen LogP) is 3.59. The molecule has 8 heteroatoms. The van der Waals surface area contributed by atoms with Crippen molar-refractivity contribution >= 4 is 33.0 Å². The number of thiophene rings is 1. The normalized spacial score (nSPS) is 12.0. The fourth-order valence-corrected chi connectivity index (χ4v) is 4.09. The molecule has 21 heavy (non-hydrogen) atoms. The number of halogens is 3. The molecular formula is C13H12ClF2NO2S2. The van der Waals surface area contributed by atoms with Crippen molar-refractivity contribution in [2.45, 2.75) is 17.3 Å². The lowest BCUT2D eigenvalue weighted by molar-refractivity contribution is 0.460. The third kappa shape index (κ3) is 3.26. The molecule has 0 aliphatic carbocycles. The van der Waals surface area contributed by atoms with Crippen LogP contribution in [0.1, 0.15) is 10.4 Å². The molecule has 0 atom stereocenters. The molecule has 0 aliphatic heterocycles. The monoisotopic (exact) mass is 351 g/mol. The first-order valence-electron chi connectivity index (χ1n) is 5.89. The quantitative estimate of drug-likeness (QED) is 0.772. The Hall–Kier alpha value is -1.02. The number of hydrogen-bond acceptors (Lipinski definition) is 3. The van der Waals surface area contributed by atoms with E-state index in [1.54, 1.807) is 12.1 Å². The van der Waals surface area contributed by atoms with E-state index >= 15 is 0 Å². The average molecular weight is 352 g/mol. The second-order valence-electron chi connectivity index (χ2n) is 4.31. The first-order chi connectivity index (χ1) is 9.87. The highest BCUT2D eigenvalue weighted by molar-refractivity contribution is 7.89. The third-order valence-corrected chi connectivity index (χ3v) is 5.88. The molecule has 0 amide bonds. The van der Waals surface area contributed by atoms with E-state index < -0.39 is 38.0 Å². The molecule has 0 bridgehead atoms. The Labute approximate surface area is 130 Å². The molecule has 1 aromatic heterocycles. The molecule has 0 unspecified atom stereocenters. The molecule has 1 heterocycles. The summed E-state index contributed by atoms with van der Waals surface area (Å²) in [5.74, 6) is -2.43. The highest BCUT2D eigenvalue weighted by atomic mass is 35.5. The van der Waals surface area contributed by atoms with E-state index in [0.29, 0.717) is 0 Å². The predicted molar refractivity (Wildman–Crippen MR) is 78.9 cm³/mol. The lowest BCUT2D eigenvalue weighted by Crippen LogP contribution is -2.27. The van der Waals surface area contributed by atoms with Crippen molar-refractivity contribution < 1.29 is 17.2 Å². The van der Waals surface area contributed by atoms with E-state index in [9.17, 15) is 17.2 Å². The van der Waals surface area contributed by atoms with Gasteiger partial charge >= 0.3 is 0 Å². The average Bonchev–Trinajstić information content (AvgIpc) is 2.91. The summed E-state index contributed by atoms with van der Waals surface area (Å²) in [6.45, 7) is 0.118. The molecule has 0 radical (unpaired) electrons. The Morgan fingerprint density at radius 1 is 1.29 bits per heavy atom. The van der Waals surface area contributed by atoms with Crippen molar-refractivity contribution in [3.8, 4) is 0 Å². The number of benzene rings is 1. The second-order valence-corrected chi connectivity index (χ2v) is 7.62. The van der Waals surface area contributed by atoms with E-state index in [1.165, 1.54) is 18.4 Å². The SMILES string of the molecule is CN(Cc1cccs1)S(=O)(=O)c1ccc(F)c(CCl)c1F. The van der Waals surface area contributed by atoms with Gasteiger partial charge in [0.05, 0.1) is 5.88 Å². The smallest absolute Gasteiger partial charge is 0.207 e. The zero-order valence-corrected chi connectivity index (χ0v) is 13.4. The van der Waals surface area contributed by atoms with Crippen LogP contribution in [0.2, 0.25) is 0 Å². The Balaban J connectivity index is 2.40. The van der Waals surface area contributed by atoms with Gasteiger partial charge in [-0.25, -0.2) is 17.2 Å². The summed E-state index contributed by atoms with van der Waals surface area (Å²) < 4.78 is 53.3. The lowest BCUT2D eigenvalue weighted by Gasteiger charge is -2.17. The molecule has 0 aliphatic rings. The molecule has 2 aromatic rings. The van der Waals surface area contributed by atoms with Crippen molar-refractivity contribution in [1.82, 2.24) is 4.31 Å². The van der Waals surface area contributed by atoms with E-state index in [2.05, 4.69) is 0 Å². The summed E-state index contributed by atoms with van der Waals surface area (Å²) in [6.07, 6.45) is 0. The van der Waals surface area contributed by atoms with Crippen LogP contribution in [0, 0.1) is 11.6 Å². The van der Waals surface area contributed by atoms with Gasteiger partial charge in [0, 0.05) is 24.0 Å². The minimum Gasteiger partial charge on any atom is -0.207 e. The maximum absolute atomic E-state index is 14.1. The number of alkyl halides is 1. The van der Waals surface area contributed by atoms with Crippen molar-refractivity contribution in [3.05, 3.63) is 51.7 Å². The van der Waals surface area contributed by atoms with E-state index in [4.69, 9.17) is 11.6 Å². The van der Waals surface area contributed by atoms with Gasteiger partial charge in [0.15, 0.2) is 5.82 Å². The zero-order valence-electron chi connectivity index (χ0n) is 11.0. The van der Waals surface area contributed by atoms with Gasteiger partial charge in [-0.15, -0.1) is 22.9 Å². The fraction of sp³-hybridized carbons (Fsp3) is 0.231. The van der Waals surface area contributed by atoms with Gasteiger partial charge in [-0.3, -0.25) is 0 Å². The highest BCUT2D eigenvalue weighted by Crippen LogP contribution is 2.26. The number of rotatable bonds is 5. The fourth-order valence-electron chi connectivity index (χ4n) is 1.77. The van der Waals surface area contributed by atoms with Crippen molar-refractivity contribution in [3.63, 3.8) is 0 Å². The summed E-state index contributed by atoms with van der Waals surface area (Å²) in [4.78, 5) is 0.250. The molecule has 2 rings (SSSR count). The zero-order chi connectivity index (χ0) is 15.6. The minimum atomic E-state index is -4.06. The number of nitrogens with zero attached hydrogens (tertiary/aromatic N) is 1. The molecular weight excluding hydrogens is 340 g/mol. The molecule has 114 valence electrons. The first-order valence-corrected chi connectivity index (χ1v) is 8.75. The Bertz CT molecular complexity index is 733. The standard InChI is InChI=1S/C13H12ClF2NO2S2/c1-17(8-9-3-2-6-20-9)21(18,19)12-5-4-11(15)10(7-14)13(12)16/h2-6H,7-8H2,1H3. The van der Waals surface area contributed by atoms with E-state index in [-0.39, 0.29) is 6.54 Å². The van der Waals surface area contributed by atoms with Crippen LogP contribution in [0.25, 0.3) is 0 Å². The molecule has 0 N–H and O–H groups in total. The van der Waals surface area contributed by atoms with Crippen LogP contribution in [0.15, 0.2) is 34.5 Å². The van der Waals surface area contributed by atoms with Crippen LogP contribution >= 0.6 is 22.9 Å². The molecule has 1 aromatic carbocycles. The molecule has 0 saturated carbocycles. The van der Waals surface area contributed by atoms with Crippen LogP contribution in [-0.2, 0) is 22.4 Å². The van der Waals surface area contributed by atoms with Crippen LogP contribution in [0.4, 0.5) is 8.78 Å². The van der Waals surface area contributed by atoms with Gasteiger partial charge in [-0.2, -0.15) is 4.31 Å². The summed E-state index contributed by atoms with van der Waals surface area (Å²) in [6, 6.07) is 5.40. The van der Waals surface area contributed by atoms with Gasteiger partial charge < -0.3 is 0 Å². The molecule has 0 fully saturated rings. The van der Waals surface area contributed by atoms with Crippen LogP contribution in [0.5, 0.6) is 0 Å². The van der Waals surface area contributed by atoms with Gasteiger partial charge in [0.1, 0.15) is 10.7 Å². The Kier molecular flexibility index (Phi) is 4.98. The number of hydrogen-bond donors (Lipinski definition) is 0. The van der Waals surface area contributed by atoms with Crippen molar-refractivity contribution in [1.29, 1.82) is 0 Å². The van der Waals surface area contributed by atoms with E-state index in [1.807, 2.05) is 5.38 Å².